The van der Waals surface area contributed by atoms with Crippen LogP contribution in [0.15, 0.2) is 70.9 Å². The number of hydrogen-bond donors (Lipinski definition) is 1. The van der Waals surface area contributed by atoms with Crippen LogP contribution in [-0.4, -0.2) is 35.4 Å². The molecule has 7 heteroatoms. The van der Waals surface area contributed by atoms with Gasteiger partial charge in [0.15, 0.2) is 0 Å². The van der Waals surface area contributed by atoms with E-state index >= 15 is 0 Å². The Morgan fingerprint density at radius 1 is 1.11 bits per heavy atom. The summed E-state index contributed by atoms with van der Waals surface area (Å²) >= 11 is 0. The fourth-order valence-corrected chi connectivity index (χ4v) is 4.12. The second kappa shape index (κ2) is 10.1. The lowest BCUT2D eigenvalue weighted by molar-refractivity contribution is -0.140. The Balaban J connectivity index is 1.74. The van der Waals surface area contributed by atoms with E-state index in [9.17, 15) is 14.7 Å². The summed E-state index contributed by atoms with van der Waals surface area (Å²) < 4.78 is 16.7. The van der Waals surface area contributed by atoms with Crippen molar-refractivity contribution in [1.29, 1.82) is 0 Å². The van der Waals surface area contributed by atoms with Crippen LogP contribution >= 0.6 is 0 Å². The number of hydrogen-bond acceptors (Lipinski definition) is 6. The molecule has 35 heavy (non-hydrogen) atoms. The fraction of sp³-hybridized carbons (Fsp3) is 0.286. The molecular formula is C28H29NO6. The van der Waals surface area contributed by atoms with Crippen LogP contribution in [0.2, 0.25) is 0 Å². The summed E-state index contributed by atoms with van der Waals surface area (Å²) in [6.45, 7) is 6.71. The largest absolute Gasteiger partial charge is 0.507 e. The maximum absolute atomic E-state index is 13.2. The summed E-state index contributed by atoms with van der Waals surface area (Å²) in [6, 6.07) is 15.0. The first kappa shape index (κ1) is 24.1. The van der Waals surface area contributed by atoms with Crippen LogP contribution in [0.1, 0.15) is 42.3 Å². The minimum Gasteiger partial charge on any atom is -0.507 e. The zero-order chi connectivity index (χ0) is 25.1. The zero-order valence-corrected chi connectivity index (χ0v) is 20.3. The SMILES string of the molecule is COc1cccc(CN2C(=O)C(=O)/C(=C(\O)c3ccc(OCC(C)C)c(C)c3)C2c2ccco2)c1. The van der Waals surface area contributed by atoms with Gasteiger partial charge in [-0.15, -0.1) is 0 Å². The maximum atomic E-state index is 13.2. The van der Waals surface area contributed by atoms with E-state index in [1.807, 2.05) is 19.1 Å². The number of carbonyl (C=O) groups is 2. The van der Waals surface area contributed by atoms with E-state index < -0.39 is 17.7 Å². The quantitative estimate of drug-likeness (QED) is 0.272. The summed E-state index contributed by atoms with van der Waals surface area (Å²) in [5.74, 6) is 0.393. The third-order valence-electron chi connectivity index (χ3n) is 5.86. The number of ether oxygens (including phenoxy) is 2. The Kier molecular flexibility index (Phi) is 6.96. The molecule has 3 aromatic rings. The van der Waals surface area contributed by atoms with Crippen molar-refractivity contribution in [3.05, 3.63) is 88.9 Å². The first-order valence-corrected chi connectivity index (χ1v) is 11.5. The van der Waals surface area contributed by atoms with E-state index in [0.717, 1.165) is 11.1 Å². The van der Waals surface area contributed by atoms with Gasteiger partial charge < -0.3 is 23.9 Å². The van der Waals surface area contributed by atoms with Gasteiger partial charge in [-0.2, -0.15) is 0 Å². The highest BCUT2D eigenvalue weighted by molar-refractivity contribution is 6.46. The molecule has 0 radical (unpaired) electrons. The van der Waals surface area contributed by atoms with Gasteiger partial charge in [0.05, 0.1) is 25.6 Å². The highest BCUT2D eigenvalue weighted by Gasteiger charge is 2.47. The van der Waals surface area contributed by atoms with E-state index in [1.165, 1.54) is 11.2 Å². The Morgan fingerprint density at radius 3 is 2.57 bits per heavy atom. The topological polar surface area (TPSA) is 89.2 Å². The molecule has 0 bridgehead atoms. The molecule has 0 spiro atoms. The van der Waals surface area contributed by atoms with Gasteiger partial charge in [-0.05, 0) is 66.4 Å². The number of furan rings is 1. The van der Waals surface area contributed by atoms with Crippen LogP contribution in [0.4, 0.5) is 0 Å². The summed E-state index contributed by atoms with van der Waals surface area (Å²) in [5, 5.41) is 11.3. The summed E-state index contributed by atoms with van der Waals surface area (Å²) in [4.78, 5) is 27.7. The first-order chi connectivity index (χ1) is 16.8. The second-order valence-electron chi connectivity index (χ2n) is 8.98. The van der Waals surface area contributed by atoms with Crippen LogP contribution in [0, 0.1) is 12.8 Å². The molecule has 182 valence electrons. The summed E-state index contributed by atoms with van der Waals surface area (Å²) in [5.41, 5.74) is 2.01. The number of likely N-dealkylation sites (tertiary alicyclic amines) is 1. The average Bonchev–Trinajstić information content (AvgIpc) is 3.45. The van der Waals surface area contributed by atoms with Crippen LogP contribution in [0.3, 0.4) is 0 Å². The third-order valence-corrected chi connectivity index (χ3v) is 5.86. The van der Waals surface area contributed by atoms with Crippen molar-refractivity contribution >= 4 is 17.4 Å². The summed E-state index contributed by atoms with van der Waals surface area (Å²) in [7, 11) is 1.56. The normalized spacial score (nSPS) is 17.3. The Hall–Kier alpha value is -4.00. The second-order valence-corrected chi connectivity index (χ2v) is 8.98. The highest BCUT2D eigenvalue weighted by atomic mass is 16.5. The van der Waals surface area contributed by atoms with Gasteiger partial charge >= 0.3 is 0 Å². The smallest absolute Gasteiger partial charge is 0.296 e. The number of benzene rings is 2. The van der Waals surface area contributed by atoms with Crippen LogP contribution in [-0.2, 0) is 16.1 Å². The predicted octanol–water partition coefficient (Wildman–Crippen LogP) is 5.25. The lowest BCUT2D eigenvalue weighted by Gasteiger charge is -2.23. The van der Waals surface area contributed by atoms with Gasteiger partial charge in [-0.3, -0.25) is 9.59 Å². The maximum Gasteiger partial charge on any atom is 0.296 e. The molecular weight excluding hydrogens is 446 g/mol. The Bertz CT molecular complexity index is 1260. The molecule has 1 saturated heterocycles. The van der Waals surface area contributed by atoms with Crippen LogP contribution in [0.5, 0.6) is 11.5 Å². The van der Waals surface area contributed by atoms with Crippen molar-refractivity contribution < 1.29 is 28.6 Å². The number of ketones is 1. The lowest BCUT2D eigenvalue weighted by atomic mass is 9.98. The highest BCUT2D eigenvalue weighted by Crippen LogP contribution is 2.41. The number of Topliss-reactive ketones (excluding diaryl/α,β-unsaturated/α-hetero) is 1. The molecule has 0 aliphatic carbocycles. The van der Waals surface area contributed by atoms with E-state index in [-0.39, 0.29) is 17.9 Å². The van der Waals surface area contributed by atoms with E-state index in [1.54, 1.807) is 49.6 Å². The molecule has 1 amide bonds. The minimum atomic E-state index is -0.867. The Labute approximate surface area is 204 Å². The molecule has 2 aromatic carbocycles. The van der Waals surface area contributed by atoms with Crippen molar-refractivity contribution in [3.63, 3.8) is 0 Å². The molecule has 2 heterocycles. The standard InChI is InChI=1S/C28H29NO6/c1-17(2)16-35-22-11-10-20(13-18(22)3)26(30)24-25(23-9-6-12-34-23)29(28(32)27(24)31)15-19-7-5-8-21(14-19)33-4/h5-14,17,25,30H,15-16H2,1-4H3/b26-24-. The van der Waals surface area contributed by atoms with Crippen LogP contribution in [0.25, 0.3) is 5.76 Å². The van der Waals surface area contributed by atoms with Gasteiger partial charge in [0.25, 0.3) is 11.7 Å². The number of aliphatic hydroxyl groups excluding tert-OH is 1. The molecule has 1 aliphatic heterocycles. The van der Waals surface area contributed by atoms with Crippen molar-refractivity contribution in [2.75, 3.05) is 13.7 Å². The number of amides is 1. The van der Waals surface area contributed by atoms with Gasteiger partial charge in [0.1, 0.15) is 29.1 Å². The predicted molar refractivity (Wildman–Crippen MR) is 131 cm³/mol. The zero-order valence-electron chi connectivity index (χ0n) is 20.3. The van der Waals surface area contributed by atoms with Gasteiger partial charge in [-0.1, -0.05) is 26.0 Å². The number of carbonyl (C=O) groups excluding carboxylic acids is 2. The molecule has 1 aliphatic rings. The average molecular weight is 476 g/mol. The first-order valence-electron chi connectivity index (χ1n) is 11.5. The molecule has 1 unspecified atom stereocenters. The molecule has 7 nitrogen and oxygen atoms in total. The van der Waals surface area contributed by atoms with Crippen molar-refractivity contribution in [1.82, 2.24) is 4.90 Å². The molecule has 1 aromatic heterocycles. The van der Waals surface area contributed by atoms with Crippen molar-refractivity contribution in [2.45, 2.75) is 33.4 Å². The number of nitrogens with zero attached hydrogens (tertiary/aromatic N) is 1. The van der Waals surface area contributed by atoms with Crippen molar-refractivity contribution in [2.24, 2.45) is 5.92 Å². The monoisotopic (exact) mass is 475 g/mol. The number of rotatable bonds is 8. The molecule has 1 atom stereocenters. The fourth-order valence-electron chi connectivity index (χ4n) is 4.12. The number of methoxy groups -OCH3 is 1. The van der Waals surface area contributed by atoms with E-state index in [2.05, 4.69) is 13.8 Å². The van der Waals surface area contributed by atoms with E-state index in [0.29, 0.717) is 35.3 Å². The number of aryl methyl sites for hydroxylation is 1. The van der Waals surface area contributed by atoms with Crippen molar-refractivity contribution in [3.8, 4) is 11.5 Å². The molecule has 4 rings (SSSR count). The van der Waals surface area contributed by atoms with Crippen LogP contribution < -0.4 is 9.47 Å². The minimum absolute atomic E-state index is 0.0110. The van der Waals surface area contributed by atoms with Gasteiger partial charge in [-0.25, -0.2) is 0 Å². The molecule has 0 saturated carbocycles. The van der Waals surface area contributed by atoms with Gasteiger partial charge in [0.2, 0.25) is 0 Å². The molecule has 1 N–H and O–H groups in total. The number of aliphatic hydroxyl groups is 1. The Morgan fingerprint density at radius 2 is 1.91 bits per heavy atom. The third kappa shape index (κ3) is 4.94. The molecule has 1 fully saturated rings. The summed E-state index contributed by atoms with van der Waals surface area (Å²) in [6.07, 6.45) is 1.48. The lowest BCUT2D eigenvalue weighted by Crippen LogP contribution is -2.29. The van der Waals surface area contributed by atoms with Gasteiger partial charge in [0, 0.05) is 12.1 Å². The van der Waals surface area contributed by atoms with E-state index in [4.69, 9.17) is 13.9 Å².